The summed E-state index contributed by atoms with van der Waals surface area (Å²) >= 11 is 0. The van der Waals surface area contributed by atoms with Gasteiger partial charge in [0.25, 0.3) is 0 Å². The van der Waals surface area contributed by atoms with Gasteiger partial charge >= 0.3 is 6.09 Å². The van der Waals surface area contributed by atoms with Crippen molar-refractivity contribution in [1.29, 1.82) is 0 Å². The van der Waals surface area contributed by atoms with Gasteiger partial charge in [0.05, 0.1) is 5.54 Å². The highest BCUT2D eigenvalue weighted by atomic mass is 35.5. The maximum Gasteiger partial charge on any atom is 0.410 e. The molecule has 1 amide bonds. The lowest BCUT2D eigenvalue weighted by Gasteiger charge is -2.26. The van der Waals surface area contributed by atoms with Crippen LogP contribution in [0.15, 0.2) is 0 Å². The second-order valence-electron chi connectivity index (χ2n) is 5.83. The maximum atomic E-state index is 11.9. The molecule has 1 N–H and O–H groups in total. The van der Waals surface area contributed by atoms with Crippen LogP contribution in [-0.4, -0.2) is 47.6 Å². The number of Topliss-reactive ketones (excluding diaryl/α,β-unsaturated/α-hetero) is 1. The molecule has 2 heterocycles. The molecule has 6 heteroatoms. The molecular weight excluding hydrogens is 256 g/mol. The highest BCUT2D eigenvalue weighted by molar-refractivity contribution is 5.92. The molecule has 2 fully saturated rings. The molecule has 2 aliphatic rings. The van der Waals surface area contributed by atoms with E-state index < -0.39 is 11.1 Å². The van der Waals surface area contributed by atoms with Crippen molar-refractivity contribution < 1.29 is 14.3 Å². The normalized spacial score (nSPS) is 27.5. The van der Waals surface area contributed by atoms with Crippen molar-refractivity contribution >= 4 is 24.3 Å². The molecular formula is C12H21ClN2O3. The Balaban J connectivity index is 0.00000162. The quantitative estimate of drug-likeness (QED) is 0.726. The van der Waals surface area contributed by atoms with Gasteiger partial charge in [-0.05, 0) is 27.2 Å². The van der Waals surface area contributed by atoms with Crippen molar-refractivity contribution in [3.05, 3.63) is 0 Å². The van der Waals surface area contributed by atoms with Crippen LogP contribution >= 0.6 is 12.4 Å². The summed E-state index contributed by atoms with van der Waals surface area (Å²) in [6.07, 6.45) is 0.948. The number of amides is 1. The highest BCUT2D eigenvalue weighted by Gasteiger charge is 2.48. The molecule has 0 radical (unpaired) electrons. The summed E-state index contributed by atoms with van der Waals surface area (Å²) in [6.45, 7) is 7.29. The SMILES string of the molecule is CC(C)(C)OC(=O)N1CCC2(C1)NCCC2=O.Cl. The van der Waals surface area contributed by atoms with Gasteiger partial charge in [-0.2, -0.15) is 0 Å². The van der Waals surface area contributed by atoms with Crippen LogP contribution in [0.2, 0.25) is 0 Å². The number of nitrogens with one attached hydrogen (secondary N) is 1. The Kier molecular flexibility index (Phi) is 4.28. The van der Waals surface area contributed by atoms with Crippen LogP contribution < -0.4 is 5.32 Å². The Morgan fingerprint density at radius 1 is 1.44 bits per heavy atom. The molecule has 0 aromatic rings. The van der Waals surface area contributed by atoms with Gasteiger partial charge in [0.15, 0.2) is 5.78 Å². The Morgan fingerprint density at radius 2 is 2.11 bits per heavy atom. The molecule has 2 rings (SSSR count). The lowest BCUT2D eigenvalue weighted by atomic mass is 9.95. The van der Waals surface area contributed by atoms with E-state index >= 15 is 0 Å². The first-order chi connectivity index (χ1) is 7.82. The van der Waals surface area contributed by atoms with Gasteiger partial charge in [0.1, 0.15) is 5.60 Å². The summed E-state index contributed by atoms with van der Waals surface area (Å²) in [4.78, 5) is 25.3. The van der Waals surface area contributed by atoms with Crippen molar-refractivity contribution in [3.8, 4) is 0 Å². The Labute approximate surface area is 114 Å². The molecule has 2 aliphatic heterocycles. The Hall–Kier alpha value is -0.810. The van der Waals surface area contributed by atoms with Gasteiger partial charge in [-0.25, -0.2) is 4.79 Å². The van der Waals surface area contributed by atoms with Gasteiger partial charge in [0, 0.05) is 26.1 Å². The van der Waals surface area contributed by atoms with Gasteiger partial charge < -0.3 is 15.0 Å². The summed E-state index contributed by atoms with van der Waals surface area (Å²) in [5.74, 6) is 0.226. The van der Waals surface area contributed by atoms with Crippen molar-refractivity contribution in [1.82, 2.24) is 10.2 Å². The second kappa shape index (κ2) is 5.05. The zero-order valence-electron chi connectivity index (χ0n) is 11.1. The van der Waals surface area contributed by atoms with Crippen LogP contribution in [0.1, 0.15) is 33.6 Å². The van der Waals surface area contributed by atoms with Gasteiger partial charge in [0.2, 0.25) is 0 Å². The van der Waals surface area contributed by atoms with Crippen LogP contribution in [0.3, 0.4) is 0 Å². The second-order valence-corrected chi connectivity index (χ2v) is 5.83. The first-order valence-electron chi connectivity index (χ1n) is 6.09. The van der Waals surface area contributed by atoms with E-state index in [9.17, 15) is 9.59 Å². The van der Waals surface area contributed by atoms with Crippen molar-refractivity contribution in [3.63, 3.8) is 0 Å². The van der Waals surface area contributed by atoms with Crippen LogP contribution in [0, 0.1) is 0 Å². The smallest absolute Gasteiger partial charge is 0.410 e. The molecule has 18 heavy (non-hydrogen) atoms. The average molecular weight is 277 g/mol. The lowest BCUT2D eigenvalue weighted by Crippen LogP contribution is -2.48. The summed E-state index contributed by atoms with van der Waals surface area (Å²) in [5, 5.41) is 3.23. The topological polar surface area (TPSA) is 58.6 Å². The molecule has 5 nitrogen and oxygen atoms in total. The molecule has 1 spiro atoms. The molecule has 0 aromatic carbocycles. The fourth-order valence-corrected chi connectivity index (χ4v) is 2.42. The zero-order valence-corrected chi connectivity index (χ0v) is 11.9. The number of likely N-dealkylation sites (tertiary alicyclic amines) is 1. The molecule has 0 aliphatic carbocycles. The third-order valence-corrected chi connectivity index (χ3v) is 3.27. The Morgan fingerprint density at radius 3 is 2.61 bits per heavy atom. The minimum Gasteiger partial charge on any atom is -0.444 e. The predicted molar refractivity (Wildman–Crippen MR) is 70.0 cm³/mol. The van der Waals surface area contributed by atoms with Crippen molar-refractivity contribution in [2.24, 2.45) is 0 Å². The number of ketones is 1. The Bertz CT molecular complexity index is 354. The molecule has 0 bridgehead atoms. The van der Waals surface area contributed by atoms with Crippen LogP contribution in [0.25, 0.3) is 0 Å². The predicted octanol–water partition coefficient (Wildman–Crippen LogP) is 1.35. The van der Waals surface area contributed by atoms with E-state index in [4.69, 9.17) is 4.74 Å². The molecule has 0 aromatic heterocycles. The number of halogens is 1. The van der Waals surface area contributed by atoms with Crippen molar-refractivity contribution in [2.75, 3.05) is 19.6 Å². The number of hydrogen-bond donors (Lipinski definition) is 1. The molecule has 1 unspecified atom stereocenters. The lowest BCUT2D eigenvalue weighted by molar-refractivity contribution is -0.121. The average Bonchev–Trinajstić information content (AvgIpc) is 2.74. The molecule has 1 atom stereocenters. The number of ether oxygens (including phenoxy) is 1. The van der Waals surface area contributed by atoms with Gasteiger partial charge in [-0.1, -0.05) is 0 Å². The number of nitrogens with zero attached hydrogens (tertiary/aromatic N) is 1. The first kappa shape index (κ1) is 15.2. The third kappa shape index (κ3) is 2.95. The maximum absolute atomic E-state index is 11.9. The molecule has 0 saturated carbocycles. The minimum absolute atomic E-state index is 0. The first-order valence-corrected chi connectivity index (χ1v) is 6.09. The minimum atomic E-state index is -0.489. The molecule has 2 saturated heterocycles. The number of carbonyl (C=O) groups excluding carboxylic acids is 2. The standard InChI is InChI=1S/C12H20N2O3.ClH/c1-11(2,3)17-10(16)14-7-5-12(8-14)9(15)4-6-13-12;/h13H,4-8H2,1-3H3;1H. The monoisotopic (exact) mass is 276 g/mol. The molecule has 104 valence electrons. The summed E-state index contributed by atoms with van der Waals surface area (Å²) in [5.41, 5.74) is -0.975. The largest absolute Gasteiger partial charge is 0.444 e. The van der Waals surface area contributed by atoms with E-state index in [1.807, 2.05) is 20.8 Å². The van der Waals surface area contributed by atoms with Crippen LogP contribution in [-0.2, 0) is 9.53 Å². The number of carbonyl (C=O) groups is 2. The van der Waals surface area contributed by atoms with E-state index in [1.54, 1.807) is 4.90 Å². The third-order valence-electron chi connectivity index (χ3n) is 3.27. The zero-order chi connectivity index (χ0) is 12.7. The summed E-state index contributed by atoms with van der Waals surface area (Å²) in [6, 6.07) is 0. The number of hydrogen-bond acceptors (Lipinski definition) is 4. The van der Waals surface area contributed by atoms with E-state index in [2.05, 4.69) is 5.32 Å². The van der Waals surface area contributed by atoms with Gasteiger partial charge in [-0.3, -0.25) is 4.79 Å². The number of rotatable bonds is 0. The van der Waals surface area contributed by atoms with Gasteiger partial charge in [-0.15, -0.1) is 12.4 Å². The van der Waals surface area contributed by atoms with E-state index in [0.717, 1.165) is 6.54 Å². The van der Waals surface area contributed by atoms with Crippen LogP contribution in [0.4, 0.5) is 4.79 Å². The summed E-state index contributed by atoms with van der Waals surface area (Å²) in [7, 11) is 0. The van der Waals surface area contributed by atoms with E-state index in [1.165, 1.54) is 0 Å². The van der Waals surface area contributed by atoms with E-state index in [-0.39, 0.29) is 24.3 Å². The van der Waals surface area contributed by atoms with Crippen molar-refractivity contribution in [2.45, 2.75) is 44.8 Å². The van der Waals surface area contributed by atoms with E-state index in [0.29, 0.717) is 25.9 Å². The fourth-order valence-electron chi connectivity index (χ4n) is 2.42. The van der Waals surface area contributed by atoms with Crippen LogP contribution in [0.5, 0.6) is 0 Å². The highest BCUT2D eigenvalue weighted by Crippen LogP contribution is 2.28. The fraction of sp³-hybridized carbons (Fsp3) is 0.833. The summed E-state index contributed by atoms with van der Waals surface area (Å²) < 4.78 is 5.31.